The first kappa shape index (κ1) is 17.0. The summed E-state index contributed by atoms with van der Waals surface area (Å²) in [6, 6.07) is 1.26. The van der Waals surface area contributed by atoms with Crippen LogP contribution in [0.5, 0.6) is 0 Å². The fraction of sp³-hybridized carbons (Fsp3) is 1.00. The second-order valence-electron chi connectivity index (χ2n) is 7.58. The second kappa shape index (κ2) is 6.78. The van der Waals surface area contributed by atoms with Crippen molar-refractivity contribution in [3.63, 3.8) is 0 Å². The Kier molecular flexibility index (Phi) is 6.76. The van der Waals surface area contributed by atoms with E-state index in [4.69, 9.17) is 0 Å². The quantitative estimate of drug-likeness (QED) is 0.689. The highest BCUT2D eigenvalue weighted by Gasteiger charge is 2.30. The third-order valence-corrected chi connectivity index (χ3v) is 3.65. The number of hydrogen-bond acceptors (Lipinski definition) is 1. The van der Waals surface area contributed by atoms with E-state index in [-0.39, 0.29) is 0 Å². The molecule has 0 heterocycles. The van der Waals surface area contributed by atoms with Crippen molar-refractivity contribution in [2.75, 3.05) is 0 Å². The van der Waals surface area contributed by atoms with Crippen LogP contribution in [0.3, 0.4) is 0 Å². The smallest absolute Gasteiger partial charge is 0.0118 e. The van der Waals surface area contributed by atoms with Gasteiger partial charge in [-0.25, -0.2) is 0 Å². The van der Waals surface area contributed by atoms with Crippen molar-refractivity contribution >= 4 is 0 Å². The molecule has 0 amide bonds. The maximum absolute atomic E-state index is 3.94. The molecule has 17 heavy (non-hydrogen) atoms. The van der Waals surface area contributed by atoms with Gasteiger partial charge in [0.05, 0.1) is 0 Å². The predicted molar refractivity (Wildman–Crippen MR) is 79.4 cm³/mol. The molecule has 0 aliphatic carbocycles. The van der Waals surface area contributed by atoms with E-state index in [9.17, 15) is 0 Å². The number of nitrogens with one attached hydrogen (secondary N) is 1. The summed E-state index contributed by atoms with van der Waals surface area (Å²) in [6.07, 6.45) is 5.08. The molecule has 0 rings (SSSR count). The van der Waals surface area contributed by atoms with Gasteiger partial charge >= 0.3 is 0 Å². The molecule has 0 aromatic rings. The third-order valence-electron chi connectivity index (χ3n) is 3.65. The molecule has 2 unspecified atom stereocenters. The minimum atomic E-state index is 0.354. The Labute approximate surface area is 110 Å². The maximum atomic E-state index is 3.94. The summed E-state index contributed by atoms with van der Waals surface area (Å²) in [5.41, 5.74) is 0.709. The average Bonchev–Trinajstić information content (AvgIpc) is 2.12. The van der Waals surface area contributed by atoms with Gasteiger partial charge in [-0.05, 0) is 23.7 Å². The zero-order chi connectivity index (χ0) is 13.7. The first-order valence-electron chi connectivity index (χ1n) is 7.39. The molecule has 0 aliphatic rings. The maximum Gasteiger partial charge on any atom is 0.0118 e. The molecule has 0 bridgehead atoms. The zero-order valence-electron chi connectivity index (χ0n) is 13.5. The van der Waals surface area contributed by atoms with Crippen LogP contribution in [0.15, 0.2) is 0 Å². The van der Waals surface area contributed by atoms with E-state index < -0.39 is 0 Å². The minimum Gasteiger partial charge on any atom is -0.310 e. The van der Waals surface area contributed by atoms with Gasteiger partial charge in [-0.2, -0.15) is 0 Å². The SMILES string of the molecule is CCCC(NC(CCC)C(C)(C)C)C(C)(C)C. The lowest BCUT2D eigenvalue weighted by Gasteiger charge is -2.40. The molecule has 1 N–H and O–H groups in total. The lowest BCUT2D eigenvalue weighted by Crippen LogP contribution is -2.50. The van der Waals surface area contributed by atoms with E-state index in [0.29, 0.717) is 22.9 Å². The molecule has 0 radical (unpaired) electrons. The summed E-state index contributed by atoms with van der Waals surface area (Å²) in [4.78, 5) is 0. The van der Waals surface area contributed by atoms with E-state index in [2.05, 4.69) is 60.7 Å². The van der Waals surface area contributed by atoms with Crippen molar-refractivity contribution in [1.29, 1.82) is 0 Å². The Balaban J connectivity index is 4.68. The normalized spacial score (nSPS) is 16.9. The van der Waals surface area contributed by atoms with Crippen molar-refractivity contribution in [1.82, 2.24) is 5.32 Å². The van der Waals surface area contributed by atoms with E-state index in [1.807, 2.05) is 0 Å². The van der Waals surface area contributed by atoms with E-state index in [1.165, 1.54) is 25.7 Å². The Morgan fingerprint density at radius 2 is 1.00 bits per heavy atom. The highest BCUT2D eigenvalue weighted by atomic mass is 15.0. The summed E-state index contributed by atoms with van der Waals surface area (Å²) < 4.78 is 0. The number of hydrogen-bond donors (Lipinski definition) is 1. The summed E-state index contributed by atoms with van der Waals surface area (Å²) in [6.45, 7) is 18.7. The molecule has 0 fully saturated rings. The van der Waals surface area contributed by atoms with Crippen LogP contribution < -0.4 is 5.32 Å². The molecule has 1 nitrogen and oxygen atoms in total. The molecular weight excluding hydrogens is 206 g/mol. The van der Waals surface area contributed by atoms with Crippen molar-refractivity contribution in [2.24, 2.45) is 10.8 Å². The van der Waals surface area contributed by atoms with Gasteiger partial charge in [0.2, 0.25) is 0 Å². The molecular formula is C16H35N. The third kappa shape index (κ3) is 6.45. The first-order chi connectivity index (χ1) is 7.62. The fourth-order valence-electron chi connectivity index (χ4n) is 2.35. The molecule has 0 aromatic carbocycles. The Morgan fingerprint density at radius 1 is 0.706 bits per heavy atom. The van der Waals surface area contributed by atoms with Crippen LogP contribution in [-0.4, -0.2) is 12.1 Å². The molecule has 1 heteroatoms. The molecule has 2 atom stereocenters. The highest BCUT2D eigenvalue weighted by Crippen LogP contribution is 2.29. The van der Waals surface area contributed by atoms with Crippen molar-refractivity contribution < 1.29 is 0 Å². The average molecular weight is 241 g/mol. The number of rotatable bonds is 6. The van der Waals surface area contributed by atoms with Crippen LogP contribution >= 0.6 is 0 Å². The summed E-state index contributed by atoms with van der Waals surface area (Å²) in [5, 5.41) is 3.94. The largest absolute Gasteiger partial charge is 0.310 e. The van der Waals surface area contributed by atoms with Gasteiger partial charge in [-0.1, -0.05) is 68.2 Å². The van der Waals surface area contributed by atoms with Crippen molar-refractivity contribution in [3.05, 3.63) is 0 Å². The summed E-state index contributed by atoms with van der Waals surface area (Å²) >= 11 is 0. The monoisotopic (exact) mass is 241 g/mol. The Bertz CT molecular complexity index is 173. The van der Waals surface area contributed by atoms with Crippen LogP contribution in [0.2, 0.25) is 0 Å². The van der Waals surface area contributed by atoms with Gasteiger partial charge in [0, 0.05) is 12.1 Å². The predicted octanol–water partition coefficient (Wildman–Crippen LogP) is 5.01. The van der Waals surface area contributed by atoms with Gasteiger partial charge in [-0.3, -0.25) is 0 Å². The lowest BCUT2D eigenvalue weighted by atomic mass is 9.79. The molecule has 104 valence electrons. The van der Waals surface area contributed by atoms with Crippen LogP contribution in [-0.2, 0) is 0 Å². The minimum absolute atomic E-state index is 0.354. The Morgan fingerprint density at radius 3 is 1.18 bits per heavy atom. The van der Waals surface area contributed by atoms with E-state index >= 15 is 0 Å². The molecule has 0 spiro atoms. The van der Waals surface area contributed by atoms with Gasteiger partial charge in [-0.15, -0.1) is 0 Å². The van der Waals surface area contributed by atoms with Crippen LogP contribution in [0, 0.1) is 10.8 Å². The van der Waals surface area contributed by atoms with Gasteiger partial charge < -0.3 is 5.32 Å². The van der Waals surface area contributed by atoms with Gasteiger partial charge in [0.25, 0.3) is 0 Å². The fourth-order valence-corrected chi connectivity index (χ4v) is 2.35. The van der Waals surface area contributed by atoms with Crippen molar-refractivity contribution in [3.8, 4) is 0 Å². The highest BCUT2D eigenvalue weighted by molar-refractivity contribution is 4.88. The molecule has 0 saturated heterocycles. The Hall–Kier alpha value is -0.0400. The summed E-state index contributed by atoms with van der Waals surface area (Å²) in [5.74, 6) is 0. The van der Waals surface area contributed by atoms with Gasteiger partial charge in [0.1, 0.15) is 0 Å². The second-order valence-corrected chi connectivity index (χ2v) is 7.58. The van der Waals surface area contributed by atoms with Crippen LogP contribution in [0.4, 0.5) is 0 Å². The van der Waals surface area contributed by atoms with Crippen LogP contribution in [0.1, 0.15) is 81.1 Å². The molecule has 0 aromatic heterocycles. The molecule has 0 aliphatic heterocycles. The van der Waals surface area contributed by atoms with Gasteiger partial charge in [0.15, 0.2) is 0 Å². The first-order valence-corrected chi connectivity index (χ1v) is 7.39. The summed E-state index contributed by atoms with van der Waals surface area (Å²) in [7, 11) is 0. The zero-order valence-corrected chi connectivity index (χ0v) is 13.5. The van der Waals surface area contributed by atoms with Crippen LogP contribution in [0.25, 0.3) is 0 Å². The standard InChI is InChI=1S/C16H35N/c1-9-11-13(15(3,4)5)17-14(12-10-2)16(6,7)8/h13-14,17H,9-12H2,1-8H3. The molecule has 0 saturated carbocycles. The lowest BCUT2D eigenvalue weighted by molar-refractivity contribution is 0.167. The van der Waals surface area contributed by atoms with Crippen molar-refractivity contribution in [2.45, 2.75) is 93.2 Å². The van der Waals surface area contributed by atoms with E-state index in [0.717, 1.165) is 0 Å². The van der Waals surface area contributed by atoms with E-state index in [1.54, 1.807) is 0 Å². The topological polar surface area (TPSA) is 12.0 Å².